The molecule has 1 saturated carbocycles. The normalized spacial score (nSPS) is 21.3. The molecule has 0 radical (unpaired) electrons. The van der Waals surface area contributed by atoms with E-state index in [0.29, 0.717) is 24.8 Å². The molecule has 0 unspecified atom stereocenters. The highest BCUT2D eigenvalue weighted by atomic mass is 16.2. The lowest BCUT2D eigenvalue weighted by Crippen LogP contribution is -2.45. The number of nitrogens with zero attached hydrogens (tertiary/aromatic N) is 1. The van der Waals surface area contributed by atoms with Crippen LogP contribution in [-0.2, 0) is 9.59 Å². The highest BCUT2D eigenvalue weighted by Gasteiger charge is 2.22. The molecule has 1 aliphatic heterocycles. The summed E-state index contributed by atoms with van der Waals surface area (Å²) < 4.78 is 0. The van der Waals surface area contributed by atoms with Crippen LogP contribution in [0.1, 0.15) is 51.4 Å². The molecule has 5 nitrogen and oxygen atoms in total. The van der Waals surface area contributed by atoms with E-state index >= 15 is 0 Å². The van der Waals surface area contributed by atoms with Gasteiger partial charge < -0.3 is 16.0 Å². The number of rotatable bonds is 5. The molecule has 5 heteroatoms. The van der Waals surface area contributed by atoms with Crippen LogP contribution in [0.3, 0.4) is 0 Å². The van der Waals surface area contributed by atoms with Crippen molar-refractivity contribution in [2.24, 2.45) is 17.6 Å². The molecule has 21 heavy (non-hydrogen) atoms. The minimum absolute atomic E-state index is 0.0343. The van der Waals surface area contributed by atoms with E-state index < -0.39 is 0 Å². The Bertz CT molecular complexity index is 345. The molecule has 2 rings (SSSR count). The predicted octanol–water partition coefficient (Wildman–Crippen LogP) is 1.27. The van der Waals surface area contributed by atoms with Gasteiger partial charge in [-0.15, -0.1) is 0 Å². The summed E-state index contributed by atoms with van der Waals surface area (Å²) in [5, 5.41) is 2.80. The third kappa shape index (κ3) is 5.30. The third-order valence-corrected chi connectivity index (χ3v) is 4.94. The fourth-order valence-electron chi connectivity index (χ4n) is 3.43. The zero-order valence-electron chi connectivity index (χ0n) is 13.0. The van der Waals surface area contributed by atoms with Gasteiger partial charge in [-0.25, -0.2) is 0 Å². The van der Waals surface area contributed by atoms with Crippen molar-refractivity contribution in [1.82, 2.24) is 10.2 Å². The molecule has 1 heterocycles. The highest BCUT2D eigenvalue weighted by molar-refractivity contribution is 5.84. The predicted molar refractivity (Wildman–Crippen MR) is 82.6 cm³/mol. The van der Waals surface area contributed by atoms with E-state index in [1.165, 1.54) is 19.3 Å². The maximum absolute atomic E-state index is 12.1. The summed E-state index contributed by atoms with van der Waals surface area (Å²) in [7, 11) is 0. The van der Waals surface area contributed by atoms with E-state index in [9.17, 15) is 9.59 Å². The van der Waals surface area contributed by atoms with Gasteiger partial charge in [0.05, 0.1) is 6.54 Å². The Morgan fingerprint density at radius 3 is 2.29 bits per heavy atom. The van der Waals surface area contributed by atoms with Crippen molar-refractivity contribution in [1.29, 1.82) is 0 Å². The molecule has 3 N–H and O–H groups in total. The number of carbonyl (C=O) groups excluding carboxylic acids is 2. The van der Waals surface area contributed by atoms with Crippen LogP contribution in [0.4, 0.5) is 0 Å². The summed E-state index contributed by atoms with van der Waals surface area (Å²) >= 11 is 0. The van der Waals surface area contributed by atoms with Gasteiger partial charge in [-0.1, -0.05) is 19.3 Å². The van der Waals surface area contributed by atoms with Crippen LogP contribution in [0.2, 0.25) is 0 Å². The third-order valence-electron chi connectivity index (χ3n) is 4.94. The molecule has 0 aromatic rings. The molecule has 0 bridgehead atoms. The Kier molecular flexibility index (Phi) is 6.49. The monoisotopic (exact) mass is 295 g/mol. The first-order valence-electron chi connectivity index (χ1n) is 8.43. The standard InChI is InChI=1S/C16H29N3O2/c17-11-14-6-8-19(9-7-14)16(21)12-18-15(20)10-13-4-2-1-3-5-13/h13-14H,1-12,17H2,(H,18,20). The summed E-state index contributed by atoms with van der Waals surface area (Å²) in [5.41, 5.74) is 5.65. The van der Waals surface area contributed by atoms with E-state index in [1.807, 2.05) is 4.90 Å². The second-order valence-corrected chi connectivity index (χ2v) is 6.54. The Balaban J connectivity index is 1.63. The fourth-order valence-corrected chi connectivity index (χ4v) is 3.43. The summed E-state index contributed by atoms with van der Waals surface area (Å²) in [6.45, 7) is 2.41. The van der Waals surface area contributed by atoms with Crippen molar-refractivity contribution in [3.05, 3.63) is 0 Å². The van der Waals surface area contributed by atoms with Crippen molar-refractivity contribution in [3.63, 3.8) is 0 Å². The van der Waals surface area contributed by atoms with Crippen molar-refractivity contribution < 1.29 is 9.59 Å². The van der Waals surface area contributed by atoms with E-state index in [1.54, 1.807) is 0 Å². The Labute approximate surface area is 127 Å². The van der Waals surface area contributed by atoms with Crippen molar-refractivity contribution >= 4 is 11.8 Å². The van der Waals surface area contributed by atoms with Gasteiger partial charge in [-0.2, -0.15) is 0 Å². The van der Waals surface area contributed by atoms with Gasteiger partial charge in [0, 0.05) is 19.5 Å². The zero-order valence-corrected chi connectivity index (χ0v) is 13.0. The van der Waals surface area contributed by atoms with Gasteiger partial charge in [0.2, 0.25) is 11.8 Å². The average molecular weight is 295 g/mol. The van der Waals surface area contributed by atoms with Crippen LogP contribution >= 0.6 is 0 Å². The van der Waals surface area contributed by atoms with E-state index in [4.69, 9.17) is 5.73 Å². The zero-order chi connectivity index (χ0) is 15.1. The number of piperidine rings is 1. The first-order chi connectivity index (χ1) is 10.2. The molecule has 2 fully saturated rings. The molecule has 2 amide bonds. The Morgan fingerprint density at radius 1 is 1.00 bits per heavy atom. The second-order valence-electron chi connectivity index (χ2n) is 6.54. The number of carbonyl (C=O) groups is 2. The van der Waals surface area contributed by atoms with Gasteiger partial charge in [0.25, 0.3) is 0 Å². The smallest absolute Gasteiger partial charge is 0.241 e. The van der Waals surface area contributed by atoms with E-state index in [-0.39, 0.29) is 18.4 Å². The summed E-state index contributed by atoms with van der Waals surface area (Å²) in [4.78, 5) is 25.8. The summed E-state index contributed by atoms with van der Waals surface area (Å²) in [6, 6.07) is 0. The first kappa shape index (κ1) is 16.3. The van der Waals surface area contributed by atoms with Crippen LogP contribution in [0.15, 0.2) is 0 Å². The van der Waals surface area contributed by atoms with Crippen molar-refractivity contribution in [2.75, 3.05) is 26.2 Å². The van der Waals surface area contributed by atoms with Crippen LogP contribution in [0.25, 0.3) is 0 Å². The van der Waals surface area contributed by atoms with Crippen molar-refractivity contribution in [3.8, 4) is 0 Å². The molecule has 0 aromatic carbocycles. The lowest BCUT2D eigenvalue weighted by atomic mass is 9.87. The van der Waals surface area contributed by atoms with Crippen molar-refractivity contribution in [2.45, 2.75) is 51.4 Å². The first-order valence-corrected chi connectivity index (χ1v) is 8.43. The fraction of sp³-hybridized carbons (Fsp3) is 0.875. The Hall–Kier alpha value is -1.10. The number of hydrogen-bond donors (Lipinski definition) is 2. The molecule has 0 aromatic heterocycles. The number of hydrogen-bond acceptors (Lipinski definition) is 3. The topological polar surface area (TPSA) is 75.4 Å². The number of nitrogens with two attached hydrogens (primary N) is 1. The molecule has 1 saturated heterocycles. The molecule has 0 atom stereocenters. The van der Waals surface area contributed by atoms with Crippen LogP contribution in [0.5, 0.6) is 0 Å². The maximum Gasteiger partial charge on any atom is 0.241 e. The quantitative estimate of drug-likeness (QED) is 0.802. The molecule has 0 spiro atoms. The number of likely N-dealkylation sites (tertiary alicyclic amines) is 1. The van der Waals surface area contributed by atoms with Gasteiger partial charge >= 0.3 is 0 Å². The summed E-state index contributed by atoms with van der Waals surface area (Å²) in [5.74, 6) is 1.15. The van der Waals surface area contributed by atoms with Crippen LogP contribution < -0.4 is 11.1 Å². The molecular formula is C16H29N3O2. The van der Waals surface area contributed by atoms with E-state index in [2.05, 4.69) is 5.32 Å². The number of nitrogens with one attached hydrogen (secondary N) is 1. The Morgan fingerprint density at radius 2 is 1.67 bits per heavy atom. The van der Waals surface area contributed by atoms with Gasteiger partial charge in [-0.05, 0) is 44.1 Å². The minimum Gasteiger partial charge on any atom is -0.347 e. The minimum atomic E-state index is 0.0343. The van der Waals surface area contributed by atoms with Gasteiger partial charge in [-0.3, -0.25) is 9.59 Å². The average Bonchev–Trinajstić information content (AvgIpc) is 2.53. The molecule has 1 aliphatic carbocycles. The van der Waals surface area contributed by atoms with Gasteiger partial charge in [0.1, 0.15) is 0 Å². The SMILES string of the molecule is NCC1CCN(C(=O)CNC(=O)CC2CCCCC2)CC1. The lowest BCUT2D eigenvalue weighted by Gasteiger charge is -2.31. The van der Waals surface area contributed by atoms with Gasteiger partial charge in [0.15, 0.2) is 0 Å². The maximum atomic E-state index is 12.1. The number of amides is 2. The lowest BCUT2D eigenvalue weighted by molar-refractivity contribution is -0.134. The molecule has 2 aliphatic rings. The van der Waals surface area contributed by atoms with Crippen LogP contribution in [-0.4, -0.2) is 42.9 Å². The molecule has 120 valence electrons. The second kappa shape index (κ2) is 8.37. The van der Waals surface area contributed by atoms with E-state index in [0.717, 1.165) is 38.8 Å². The van der Waals surface area contributed by atoms with Crippen LogP contribution in [0, 0.1) is 11.8 Å². The molecular weight excluding hydrogens is 266 g/mol. The largest absolute Gasteiger partial charge is 0.347 e. The highest BCUT2D eigenvalue weighted by Crippen LogP contribution is 2.26. The summed E-state index contributed by atoms with van der Waals surface area (Å²) in [6.07, 6.45) is 8.66.